The topological polar surface area (TPSA) is 88.6 Å². The molecule has 2 aromatic carbocycles. The standard InChI is InChI=1S/C23H25N3O4S2/c1-16-7-5-6-14-26(16)32(28,29)18-12-10-17(11-13-18)22(27)25-23-24-20(15-31-23)19-8-3-4-9-21(19)30-2/h3-4,8-13,15-16H,5-7,14H2,1-2H3,(H,24,25,27). The number of rotatable bonds is 6. The zero-order valence-corrected chi connectivity index (χ0v) is 19.6. The Morgan fingerprint density at radius 2 is 1.91 bits per heavy atom. The molecule has 3 aromatic rings. The Hall–Kier alpha value is -2.75. The van der Waals surface area contributed by atoms with E-state index in [1.54, 1.807) is 11.4 Å². The van der Waals surface area contributed by atoms with Gasteiger partial charge < -0.3 is 4.74 Å². The quantitative estimate of drug-likeness (QED) is 0.566. The first-order valence-corrected chi connectivity index (χ1v) is 12.7. The van der Waals surface area contributed by atoms with E-state index < -0.39 is 10.0 Å². The summed E-state index contributed by atoms with van der Waals surface area (Å²) in [5.74, 6) is 0.358. The van der Waals surface area contributed by atoms with Crippen LogP contribution in [-0.4, -0.2) is 43.3 Å². The number of ether oxygens (including phenoxy) is 1. The second-order valence-corrected chi connectivity index (χ2v) is 10.4. The van der Waals surface area contributed by atoms with Crippen molar-refractivity contribution in [1.82, 2.24) is 9.29 Å². The van der Waals surface area contributed by atoms with Crippen LogP contribution in [0.3, 0.4) is 0 Å². The van der Waals surface area contributed by atoms with Crippen molar-refractivity contribution in [2.45, 2.75) is 37.1 Å². The summed E-state index contributed by atoms with van der Waals surface area (Å²) in [5, 5.41) is 5.09. The number of nitrogens with zero attached hydrogens (tertiary/aromatic N) is 2. The summed E-state index contributed by atoms with van der Waals surface area (Å²) in [7, 11) is -1.97. The van der Waals surface area contributed by atoms with Crippen LogP contribution < -0.4 is 10.1 Å². The van der Waals surface area contributed by atoms with Gasteiger partial charge in [-0.25, -0.2) is 13.4 Å². The Morgan fingerprint density at radius 3 is 2.62 bits per heavy atom. The van der Waals surface area contributed by atoms with Crippen LogP contribution in [0.2, 0.25) is 0 Å². The third-order valence-electron chi connectivity index (χ3n) is 5.57. The number of hydrogen-bond acceptors (Lipinski definition) is 6. The molecule has 0 bridgehead atoms. The molecule has 2 heterocycles. The lowest BCUT2D eigenvalue weighted by molar-refractivity contribution is 0.102. The van der Waals surface area contributed by atoms with Crippen LogP contribution in [0.1, 0.15) is 36.5 Å². The molecular weight excluding hydrogens is 446 g/mol. The van der Waals surface area contributed by atoms with Crippen LogP contribution >= 0.6 is 11.3 Å². The molecule has 1 unspecified atom stereocenters. The fraction of sp³-hybridized carbons (Fsp3) is 0.304. The van der Waals surface area contributed by atoms with Crippen molar-refractivity contribution in [3.05, 3.63) is 59.5 Å². The van der Waals surface area contributed by atoms with Crippen LogP contribution in [0, 0.1) is 0 Å². The van der Waals surface area contributed by atoms with Crippen molar-refractivity contribution in [2.24, 2.45) is 0 Å². The normalized spacial score (nSPS) is 17.1. The molecule has 1 saturated heterocycles. The first-order valence-electron chi connectivity index (χ1n) is 10.4. The minimum absolute atomic E-state index is 0.0148. The third kappa shape index (κ3) is 4.55. The van der Waals surface area contributed by atoms with Gasteiger partial charge in [0.1, 0.15) is 5.75 Å². The van der Waals surface area contributed by atoms with Crippen LogP contribution in [0.5, 0.6) is 5.75 Å². The van der Waals surface area contributed by atoms with Crippen LogP contribution in [0.15, 0.2) is 58.8 Å². The molecule has 0 spiro atoms. The van der Waals surface area contributed by atoms with E-state index in [9.17, 15) is 13.2 Å². The van der Waals surface area contributed by atoms with Gasteiger partial charge in [-0.15, -0.1) is 11.3 Å². The van der Waals surface area contributed by atoms with E-state index in [2.05, 4.69) is 10.3 Å². The molecule has 0 radical (unpaired) electrons. The summed E-state index contributed by atoms with van der Waals surface area (Å²) < 4.78 is 32.9. The molecule has 1 fully saturated rings. The van der Waals surface area contributed by atoms with Crippen molar-refractivity contribution in [3.8, 4) is 17.0 Å². The largest absolute Gasteiger partial charge is 0.496 e. The minimum atomic E-state index is -3.57. The molecule has 4 rings (SSSR count). The number of anilines is 1. The molecule has 1 amide bonds. The maximum atomic E-state index is 13.0. The number of methoxy groups -OCH3 is 1. The first kappa shape index (κ1) is 22.4. The maximum Gasteiger partial charge on any atom is 0.257 e. The minimum Gasteiger partial charge on any atom is -0.496 e. The summed E-state index contributed by atoms with van der Waals surface area (Å²) in [5.41, 5.74) is 1.91. The molecule has 9 heteroatoms. The molecule has 1 N–H and O–H groups in total. The SMILES string of the molecule is COc1ccccc1-c1csc(NC(=O)c2ccc(S(=O)(=O)N3CCCCC3C)cc2)n1. The smallest absolute Gasteiger partial charge is 0.257 e. The summed E-state index contributed by atoms with van der Waals surface area (Å²) in [6.07, 6.45) is 2.78. The van der Waals surface area contributed by atoms with E-state index in [1.807, 2.05) is 36.6 Å². The Labute approximate surface area is 192 Å². The predicted octanol–water partition coefficient (Wildman–Crippen LogP) is 4.63. The number of benzene rings is 2. The molecule has 1 aromatic heterocycles. The van der Waals surface area contributed by atoms with Crippen molar-refractivity contribution in [2.75, 3.05) is 19.0 Å². The van der Waals surface area contributed by atoms with Gasteiger partial charge in [0.25, 0.3) is 5.91 Å². The van der Waals surface area contributed by atoms with Gasteiger partial charge in [0, 0.05) is 29.1 Å². The fourth-order valence-corrected chi connectivity index (χ4v) is 6.23. The van der Waals surface area contributed by atoms with Crippen molar-refractivity contribution < 1.29 is 17.9 Å². The highest BCUT2D eigenvalue weighted by molar-refractivity contribution is 7.89. The van der Waals surface area contributed by atoms with E-state index in [1.165, 1.54) is 35.6 Å². The number of thiazole rings is 1. The number of aromatic nitrogens is 1. The highest BCUT2D eigenvalue weighted by atomic mass is 32.2. The summed E-state index contributed by atoms with van der Waals surface area (Å²) >= 11 is 1.31. The molecule has 1 aliphatic heterocycles. The van der Waals surface area contributed by atoms with Crippen molar-refractivity contribution in [3.63, 3.8) is 0 Å². The number of nitrogens with one attached hydrogen (secondary N) is 1. The van der Waals surface area contributed by atoms with Gasteiger partial charge in [-0.1, -0.05) is 18.6 Å². The predicted molar refractivity (Wildman–Crippen MR) is 126 cm³/mol. The average Bonchev–Trinajstić information content (AvgIpc) is 3.27. The van der Waals surface area contributed by atoms with Gasteiger partial charge in [-0.3, -0.25) is 10.1 Å². The lowest BCUT2D eigenvalue weighted by atomic mass is 10.1. The zero-order valence-electron chi connectivity index (χ0n) is 17.9. The molecule has 0 aliphatic carbocycles. The number of piperidine rings is 1. The maximum absolute atomic E-state index is 13.0. The van der Waals surface area contributed by atoms with E-state index in [0.29, 0.717) is 28.7 Å². The van der Waals surface area contributed by atoms with Gasteiger partial charge in [0.05, 0.1) is 17.7 Å². The van der Waals surface area contributed by atoms with E-state index >= 15 is 0 Å². The number of amides is 1. The van der Waals surface area contributed by atoms with E-state index in [4.69, 9.17) is 4.74 Å². The molecule has 1 atom stereocenters. The number of para-hydroxylation sites is 1. The molecular formula is C23H25N3O4S2. The zero-order chi connectivity index (χ0) is 22.7. The third-order valence-corrected chi connectivity index (χ3v) is 8.36. The number of carbonyl (C=O) groups excluding carboxylic acids is 1. The fourth-order valence-electron chi connectivity index (χ4n) is 3.82. The summed E-state index contributed by atoms with van der Waals surface area (Å²) in [6.45, 7) is 2.47. The van der Waals surface area contributed by atoms with Gasteiger partial charge in [0.2, 0.25) is 10.0 Å². The molecule has 1 aliphatic rings. The van der Waals surface area contributed by atoms with Crippen LogP contribution in [0.4, 0.5) is 5.13 Å². The second kappa shape index (κ2) is 9.40. The Kier molecular flexibility index (Phi) is 6.59. The lowest BCUT2D eigenvalue weighted by Crippen LogP contribution is -2.41. The molecule has 32 heavy (non-hydrogen) atoms. The summed E-state index contributed by atoms with van der Waals surface area (Å²) in [6, 6.07) is 13.6. The number of hydrogen-bond donors (Lipinski definition) is 1. The van der Waals surface area contributed by atoms with Crippen LogP contribution in [-0.2, 0) is 10.0 Å². The number of sulfonamides is 1. The first-order chi connectivity index (χ1) is 15.4. The lowest BCUT2D eigenvalue weighted by Gasteiger charge is -2.32. The highest BCUT2D eigenvalue weighted by Gasteiger charge is 2.30. The molecule has 0 saturated carbocycles. The van der Waals surface area contributed by atoms with E-state index in [-0.39, 0.29) is 16.8 Å². The van der Waals surface area contributed by atoms with Crippen LogP contribution in [0.25, 0.3) is 11.3 Å². The van der Waals surface area contributed by atoms with Gasteiger partial charge in [-0.05, 0) is 56.2 Å². The van der Waals surface area contributed by atoms with E-state index in [0.717, 1.165) is 24.8 Å². The van der Waals surface area contributed by atoms with Gasteiger partial charge >= 0.3 is 0 Å². The number of carbonyl (C=O) groups is 1. The second-order valence-electron chi connectivity index (χ2n) is 7.68. The van der Waals surface area contributed by atoms with Gasteiger partial charge in [0.15, 0.2) is 5.13 Å². The average molecular weight is 472 g/mol. The van der Waals surface area contributed by atoms with Crippen molar-refractivity contribution >= 4 is 32.4 Å². The highest BCUT2D eigenvalue weighted by Crippen LogP contribution is 2.32. The summed E-state index contributed by atoms with van der Waals surface area (Å²) in [4.78, 5) is 17.4. The monoisotopic (exact) mass is 471 g/mol. The van der Waals surface area contributed by atoms with Crippen molar-refractivity contribution in [1.29, 1.82) is 0 Å². The Bertz CT molecular complexity index is 1210. The molecule has 7 nitrogen and oxygen atoms in total. The van der Waals surface area contributed by atoms with Gasteiger partial charge in [-0.2, -0.15) is 4.31 Å². The Balaban J connectivity index is 1.47. The Morgan fingerprint density at radius 1 is 1.16 bits per heavy atom. The molecule has 168 valence electrons.